The summed E-state index contributed by atoms with van der Waals surface area (Å²) < 4.78 is 11.1. The van der Waals surface area contributed by atoms with E-state index in [2.05, 4.69) is 0 Å². The Morgan fingerprint density at radius 1 is 0.667 bits per heavy atom. The van der Waals surface area contributed by atoms with Crippen LogP contribution in [0.3, 0.4) is 0 Å². The van der Waals surface area contributed by atoms with E-state index < -0.39 is 47.5 Å². The van der Waals surface area contributed by atoms with Crippen molar-refractivity contribution in [1.82, 2.24) is 0 Å². The number of carbonyl (C=O) groups excluding carboxylic acids is 2. The molecule has 6 atom stereocenters. The van der Waals surface area contributed by atoms with E-state index in [-0.39, 0.29) is 25.0 Å². The zero-order chi connectivity index (χ0) is 24.4. The smallest absolute Gasteiger partial charge is 0.309 e. The first-order valence-electron chi connectivity index (χ1n) is 12.6. The predicted octanol–water partition coefficient (Wildman–Crippen LogP) is 4.30. The number of hydrogen-bond donors (Lipinski definition) is 2. The first-order chi connectivity index (χ1) is 15.8. The molecule has 0 spiro atoms. The van der Waals surface area contributed by atoms with Crippen LogP contribution >= 0.6 is 0 Å². The molecule has 2 aliphatic rings. The SMILES string of the molecule is CCC(COC(=O)C1CCCCC1C(=O)O)CC(CC)COC(=O)C1CCCCC1C(=O)O. The van der Waals surface area contributed by atoms with Gasteiger partial charge >= 0.3 is 23.9 Å². The van der Waals surface area contributed by atoms with E-state index in [0.29, 0.717) is 32.1 Å². The third-order valence-corrected chi connectivity index (χ3v) is 7.52. The van der Waals surface area contributed by atoms with Gasteiger partial charge in [0, 0.05) is 0 Å². The fourth-order valence-electron chi connectivity index (χ4n) is 5.21. The monoisotopic (exact) mass is 468 g/mol. The van der Waals surface area contributed by atoms with E-state index in [1.807, 2.05) is 13.8 Å². The Balaban J connectivity index is 1.83. The van der Waals surface area contributed by atoms with Crippen molar-refractivity contribution in [3.63, 3.8) is 0 Å². The highest BCUT2D eigenvalue weighted by Gasteiger charge is 2.38. The molecule has 8 heteroatoms. The molecule has 0 aromatic carbocycles. The highest BCUT2D eigenvalue weighted by molar-refractivity contribution is 5.82. The molecule has 0 aliphatic heterocycles. The first-order valence-corrected chi connectivity index (χ1v) is 12.6. The Morgan fingerprint density at radius 2 is 1.00 bits per heavy atom. The first kappa shape index (κ1) is 27.1. The number of aliphatic carboxylic acids is 2. The average molecular weight is 469 g/mol. The maximum Gasteiger partial charge on any atom is 0.309 e. The molecular formula is C25H40O8. The van der Waals surface area contributed by atoms with Gasteiger partial charge in [-0.15, -0.1) is 0 Å². The lowest BCUT2D eigenvalue weighted by atomic mass is 9.79. The second kappa shape index (κ2) is 13.6. The van der Waals surface area contributed by atoms with Gasteiger partial charge in [0.05, 0.1) is 36.9 Å². The standard InChI is InChI=1S/C25H40O8/c1-3-16(14-32-24(30)20-11-7-5-9-18(20)22(26)27)13-17(4-2)15-33-25(31)21-12-8-6-10-19(21)23(28)29/h16-21H,3-15H2,1-2H3,(H,26,27)(H,28,29). The molecule has 33 heavy (non-hydrogen) atoms. The molecular weight excluding hydrogens is 428 g/mol. The Kier molecular flexibility index (Phi) is 11.1. The zero-order valence-electron chi connectivity index (χ0n) is 20.0. The molecule has 0 heterocycles. The van der Waals surface area contributed by atoms with Crippen LogP contribution in [0.1, 0.15) is 84.5 Å². The second-order valence-electron chi connectivity index (χ2n) is 9.72. The van der Waals surface area contributed by atoms with Crippen LogP contribution in [-0.4, -0.2) is 47.3 Å². The van der Waals surface area contributed by atoms with Gasteiger partial charge in [-0.1, -0.05) is 52.4 Å². The van der Waals surface area contributed by atoms with Gasteiger partial charge in [0.25, 0.3) is 0 Å². The van der Waals surface area contributed by atoms with Crippen molar-refractivity contribution in [3.8, 4) is 0 Å². The maximum atomic E-state index is 12.6. The molecule has 0 aromatic heterocycles. The lowest BCUT2D eigenvalue weighted by Crippen LogP contribution is -2.35. The van der Waals surface area contributed by atoms with Crippen molar-refractivity contribution in [3.05, 3.63) is 0 Å². The van der Waals surface area contributed by atoms with Crippen LogP contribution in [0.2, 0.25) is 0 Å². The maximum absolute atomic E-state index is 12.6. The van der Waals surface area contributed by atoms with Crippen LogP contribution in [0.25, 0.3) is 0 Å². The molecule has 0 aromatic rings. The summed E-state index contributed by atoms with van der Waals surface area (Å²) in [6, 6.07) is 0. The highest BCUT2D eigenvalue weighted by Crippen LogP contribution is 2.33. The van der Waals surface area contributed by atoms with Crippen LogP contribution in [-0.2, 0) is 28.7 Å². The van der Waals surface area contributed by atoms with Crippen LogP contribution in [0.5, 0.6) is 0 Å². The summed E-state index contributed by atoms with van der Waals surface area (Å²) in [7, 11) is 0. The third-order valence-electron chi connectivity index (χ3n) is 7.52. The molecule has 0 bridgehead atoms. The second-order valence-corrected chi connectivity index (χ2v) is 9.72. The quantitative estimate of drug-likeness (QED) is 0.406. The van der Waals surface area contributed by atoms with Gasteiger partial charge in [0.15, 0.2) is 0 Å². The minimum Gasteiger partial charge on any atom is -0.481 e. The number of rotatable bonds is 12. The van der Waals surface area contributed by atoms with Crippen molar-refractivity contribution in [1.29, 1.82) is 0 Å². The number of carbonyl (C=O) groups is 4. The van der Waals surface area contributed by atoms with E-state index in [0.717, 1.165) is 38.5 Å². The topological polar surface area (TPSA) is 127 Å². The van der Waals surface area contributed by atoms with Crippen LogP contribution in [0.15, 0.2) is 0 Å². The third kappa shape index (κ3) is 8.00. The molecule has 6 unspecified atom stereocenters. The van der Waals surface area contributed by atoms with E-state index >= 15 is 0 Å². The van der Waals surface area contributed by atoms with Gasteiger partial charge in [-0.25, -0.2) is 0 Å². The molecule has 2 rings (SSSR count). The number of esters is 2. The summed E-state index contributed by atoms with van der Waals surface area (Å²) >= 11 is 0. The van der Waals surface area contributed by atoms with Crippen molar-refractivity contribution in [2.24, 2.45) is 35.5 Å². The number of carboxylic acids is 2. The fraction of sp³-hybridized carbons (Fsp3) is 0.840. The minimum absolute atomic E-state index is 0.0888. The van der Waals surface area contributed by atoms with Gasteiger partial charge in [-0.3, -0.25) is 19.2 Å². The van der Waals surface area contributed by atoms with E-state index in [9.17, 15) is 29.4 Å². The molecule has 0 amide bonds. The van der Waals surface area contributed by atoms with Gasteiger partial charge in [-0.2, -0.15) is 0 Å². The minimum atomic E-state index is -0.931. The Morgan fingerprint density at radius 3 is 1.30 bits per heavy atom. The van der Waals surface area contributed by atoms with Crippen molar-refractivity contribution in [2.45, 2.75) is 84.5 Å². The largest absolute Gasteiger partial charge is 0.481 e. The van der Waals surface area contributed by atoms with Gasteiger partial charge in [0.1, 0.15) is 0 Å². The number of carboxylic acid groups (broad SMARTS) is 2. The Bertz CT molecular complexity index is 619. The van der Waals surface area contributed by atoms with Crippen LogP contribution in [0, 0.1) is 35.5 Å². The summed E-state index contributed by atoms with van der Waals surface area (Å²) in [5.41, 5.74) is 0. The van der Waals surface area contributed by atoms with Gasteiger partial charge in [-0.05, 0) is 43.9 Å². The zero-order valence-corrected chi connectivity index (χ0v) is 20.0. The van der Waals surface area contributed by atoms with Gasteiger partial charge in [0.2, 0.25) is 0 Å². The molecule has 2 N–H and O–H groups in total. The average Bonchev–Trinajstić information content (AvgIpc) is 2.83. The predicted molar refractivity (Wildman–Crippen MR) is 120 cm³/mol. The van der Waals surface area contributed by atoms with E-state index in [1.54, 1.807) is 0 Å². The summed E-state index contributed by atoms with van der Waals surface area (Å²) in [6.07, 6.45) is 7.75. The van der Waals surface area contributed by atoms with Gasteiger partial charge < -0.3 is 19.7 Å². The molecule has 8 nitrogen and oxygen atoms in total. The normalized spacial score (nSPS) is 27.2. The highest BCUT2D eigenvalue weighted by atomic mass is 16.5. The fourth-order valence-corrected chi connectivity index (χ4v) is 5.21. The number of hydrogen-bond acceptors (Lipinski definition) is 6. The summed E-state index contributed by atoms with van der Waals surface area (Å²) in [4.78, 5) is 48.1. The molecule has 2 saturated carbocycles. The van der Waals surface area contributed by atoms with Crippen molar-refractivity contribution >= 4 is 23.9 Å². The van der Waals surface area contributed by atoms with Crippen molar-refractivity contribution < 1.29 is 38.9 Å². The van der Waals surface area contributed by atoms with Crippen LogP contribution in [0.4, 0.5) is 0 Å². The Hall–Kier alpha value is -2.12. The van der Waals surface area contributed by atoms with E-state index in [1.165, 1.54) is 0 Å². The molecule has 2 fully saturated rings. The van der Waals surface area contributed by atoms with Crippen molar-refractivity contribution in [2.75, 3.05) is 13.2 Å². The summed E-state index contributed by atoms with van der Waals surface area (Å²) in [5.74, 6) is -5.00. The summed E-state index contributed by atoms with van der Waals surface area (Å²) in [5, 5.41) is 18.8. The molecule has 188 valence electrons. The molecule has 0 saturated heterocycles. The lowest BCUT2D eigenvalue weighted by Gasteiger charge is -2.29. The van der Waals surface area contributed by atoms with Crippen LogP contribution < -0.4 is 0 Å². The van der Waals surface area contributed by atoms with E-state index in [4.69, 9.17) is 9.47 Å². The number of ether oxygens (including phenoxy) is 2. The molecule has 0 radical (unpaired) electrons. The molecule has 2 aliphatic carbocycles. The lowest BCUT2D eigenvalue weighted by molar-refractivity contribution is -0.161. The summed E-state index contributed by atoms with van der Waals surface area (Å²) in [6.45, 7) is 4.48. The Labute approximate surface area is 196 Å².